The Hall–Kier alpha value is -0.247. The first-order valence-electron chi connectivity index (χ1n) is 2.69. The first kappa shape index (κ1) is 9.84. The molecule has 0 spiro atoms. The second-order valence-corrected chi connectivity index (χ2v) is 3.17. The van der Waals surface area contributed by atoms with Crippen molar-refractivity contribution in [2.24, 2.45) is 0 Å². The molecule has 0 aliphatic carbocycles. The minimum absolute atomic E-state index is 0.143. The summed E-state index contributed by atoms with van der Waals surface area (Å²) in [5, 5.41) is 0. The maximum absolute atomic E-state index is 12.4. The molecule has 0 amide bonds. The molecule has 63 valence electrons. The van der Waals surface area contributed by atoms with Gasteiger partial charge in [-0.1, -0.05) is 0 Å². The zero-order valence-corrected chi connectivity index (χ0v) is 7.85. The predicted octanol–water partition coefficient (Wildman–Crippen LogP) is 1.55. The molecule has 0 saturated carbocycles. The third-order valence-corrected chi connectivity index (χ3v) is 2.29. The summed E-state index contributed by atoms with van der Waals surface area (Å²) in [6, 6.07) is 0. The van der Waals surface area contributed by atoms with Crippen LogP contribution in [0, 0.1) is 29.1 Å². The van der Waals surface area contributed by atoms with E-state index in [2.05, 4.69) is 0 Å². The van der Waals surface area contributed by atoms with E-state index in [1.54, 1.807) is 0 Å². The van der Waals surface area contributed by atoms with Gasteiger partial charge < -0.3 is 0 Å². The van der Waals surface area contributed by atoms with Crippen LogP contribution in [0.4, 0.5) is 22.0 Å². The molecule has 1 aromatic carbocycles. The Balaban J connectivity index is 3.60. The van der Waals surface area contributed by atoms with Crippen LogP contribution in [0.1, 0.15) is 0 Å². The molecular weight excluding hydrogens is 258 g/mol. The van der Waals surface area contributed by atoms with Crippen LogP contribution in [0.3, 0.4) is 0 Å². The Morgan fingerprint density at radius 2 is 0.833 bits per heavy atom. The van der Waals surface area contributed by atoms with Crippen molar-refractivity contribution in [1.82, 2.24) is 0 Å². The average Bonchev–Trinajstić information content (AvgIpc) is 2.08. The molecule has 0 saturated heterocycles. The molecule has 0 aliphatic heterocycles. The van der Waals surface area contributed by atoms with Crippen LogP contribution in [-0.2, 0) is 24.7 Å². The van der Waals surface area contributed by atoms with Crippen LogP contribution in [0.15, 0.2) is 0 Å². The SMILES string of the molecule is Fc1c(F)c(F)[c]([Zr])c(F)c1F. The summed E-state index contributed by atoms with van der Waals surface area (Å²) in [6.45, 7) is 0. The van der Waals surface area contributed by atoms with E-state index >= 15 is 0 Å². The van der Waals surface area contributed by atoms with Gasteiger partial charge in [-0.3, -0.25) is 0 Å². The summed E-state index contributed by atoms with van der Waals surface area (Å²) >= 11 is 0.143. The third-order valence-electron chi connectivity index (χ3n) is 1.21. The van der Waals surface area contributed by atoms with E-state index in [4.69, 9.17) is 0 Å². The summed E-state index contributed by atoms with van der Waals surface area (Å²) < 4.78 is 60.9. The van der Waals surface area contributed by atoms with Crippen molar-refractivity contribution in [3.8, 4) is 0 Å². The molecule has 12 heavy (non-hydrogen) atoms. The van der Waals surface area contributed by atoms with Crippen molar-refractivity contribution in [3.63, 3.8) is 0 Å². The van der Waals surface area contributed by atoms with Gasteiger partial charge >= 0.3 is 79.0 Å². The molecule has 0 bridgehead atoms. The Bertz CT molecular complexity index is 230. The maximum atomic E-state index is 12.4. The Labute approximate surface area is 79.2 Å². The van der Waals surface area contributed by atoms with Crippen LogP contribution in [0.25, 0.3) is 0 Å². The molecule has 0 N–H and O–H groups in total. The molecule has 0 radical (unpaired) electrons. The van der Waals surface area contributed by atoms with Crippen LogP contribution in [0.2, 0.25) is 0 Å². The fraction of sp³-hybridized carbons (Fsp3) is 0. The first-order valence-corrected chi connectivity index (χ1v) is 3.92. The van der Waals surface area contributed by atoms with Gasteiger partial charge in [0.2, 0.25) is 0 Å². The van der Waals surface area contributed by atoms with Gasteiger partial charge in [0.15, 0.2) is 0 Å². The average molecular weight is 258 g/mol. The fourth-order valence-electron chi connectivity index (χ4n) is 0.605. The van der Waals surface area contributed by atoms with Gasteiger partial charge in [-0.2, -0.15) is 0 Å². The van der Waals surface area contributed by atoms with Gasteiger partial charge in [0, 0.05) is 0 Å². The number of rotatable bonds is 0. The van der Waals surface area contributed by atoms with Gasteiger partial charge in [-0.15, -0.1) is 0 Å². The molecule has 0 atom stereocenters. The number of halogens is 5. The standard InChI is InChI=1S/C6F5.Zr/c7-2-1-3(8)5(10)6(11)4(2)9;. The van der Waals surface area contributed by atoms with E-state index in [1.807, 2.05) is 0 Å². The van der Waals surface area contributed by atoms with E-state index in [0.29, 0.717) is 0 Å². The van der Waals surface area contributed by atoms with Crippen molar-refractivity contribution < 1.29 is 46.7 Å². The van der Waals surface area contributed by atoms with Gasteiger partial charge in [-0.05, 0) is 0 Å². The van der Waals surface area contributed by atoms with Crippen LogP contribution >= 0.6 is 0 Å². The molecule has 1 aromatic rings. The van der Waals surface area contributed by atoms with Crippen molar-refractivity contribution >= 4 is 3.27 Å². The van der Waals surface area contributed by atoms with E-state index in [9.17, 15) is 22.0 Å². The van der Waals surface area contributed by atoms with E-state index < -0.39 is 32.4 Å². The predicted molar refractivity (Wildman–Crippen MR) is 25.9 cm³/mol. The summed E-state index contributed by atoms with van der Waals surface area (Å²) in [7, 11) is 0. The zero-order valence-electron chi connectivity index (χ0n) is 5.39. The molecular formula is C6F5Zr. The van der Waals surface area contributed by atoms with Gasteiger partial charge in [-0.25, -0.2) is 0 Å². The fourth-order valence-corrected chi connectivity index (χ4v) is 1.14. The summed E-state index contributed by atoms with van der Waals surface area (Å²) in [5.41, 5.74) is 0. The zero-order chi connectivity index (χ0) is 9.46. The normalized spacial score (nSPS) is 10.3. The van der Waals surface area contributed by atoms with Crippen molar-refractivity contribution in [3.05, 3.63) is 29.1 Å². The molecule has 0 aliphatic rings. The monoisotopic (exact) mass is 257 g/mol. The van der Waals surface area contributed by atoms with Crippen LogP contribution in [0.5, 0.6) is 0 Å². The molecule has 0 heterocycles. The summed E-state index contributed by atoms with van der Waals surface area (Å²) in [6.07, 6.45) is 0. The number of benzene rings is 1. The van der Waals surface area contributed by atoms with Crippen molar-refractivity contribution in [2.45, 2.75) is 0 Å². The topological polar surface area (TPSA) is 0 Å². The van der Waals surface area contributed by atoms with E-state index in [0.717, 1.165) is 0 Å². The Morgan fingerprint density at radius 1 is 0.583 bits per heavy atom. The van der Waals surface area contributed by atoms with Gasteiger partial charge in [0.1, 0.15) is 0 Å². The Kier molecular flexibility index (Phi) is 2.66. The molecule has 0 aromatic heterocycles. The second kappa shape index (κ2) is 3.25. The molecule has 1 rings (SSSR count). The molecule has 0 unspecified atom stereocenters. The molecule has 0 nitrogen and oxygen atoms in total. The van der Waals surface area contributed by atoms with E-state index in [-0.39, 0.29) is 24.7 Å². The Morgan fingerprint density at radius 3 is 1.17 bits per heavy atom. The summed E-state index contributed by atoms with van der Waals surface area (Å²) in [4.78, 5) is 0. The van der Waals surface area contributed by atoms with Crippen LogP contribution in [-0.4, -0.2) is 0 Å². The number of hydrogen-bond donors (Lipinski definition) is 0. The second-order valence-electron chi connectivity index (χ2n) is 1.94. The summed E-state index contributed by atoms with van der Waals surface area (Å²) in [5.74, 6) is -9.38. The van der Waals surface area contributed by atoms with Crippen molar-refractivity contribution in [2.75, 3.05) is 0 Å². The van der Waals surface area contributed by atoms with Gasteiger partial charge in [0.25, 0.3) is 0 Å². The quantitative estimate of drug-likeness (QED) is 0.376. The first-order chi connectivity index (χ1) is 5.46. The third kappa shape index (κ3) is 1.32. The minimum atomic E-state index is -2.11. The van der Waals surface area contributed by atoms with E-state index in [1.165, 1.54) is 0 Å². The molecule has 0 fully saturated rings. The van der Waals surface area contributed by atoms with Gasteiger partial charge in [0.05, 0.1) is 0 Å². The van der Waals surface area contributed by atoms with Crippen molar-refractivity contribution in [1.29, 1.82) is 0 Å². The molecule has 6 heteroatoms. The van der Waals surface area contributed by atoms with Crippen LogP contribution < -0.4 is 3.27 Å². The number of hydrogen-bond acceptors (Lipinski definition) is 0.